The summed E-state index contributed by atoms with van der Waals surface area (Å²) in [5.74, 6) is 0. The van der Waals surface area contributed by atoms with E-state index in [2.05, 4.69) is 5.32 Å². The Balaban J connectivity index is 1.52. The van der Waals surface area contributed by atoms with E-state index in [1.807, 2.05) is 12.3 Å². The molecule has 0 aromatic heterocycles. The van der Waals surface area contributed by atoms with Gasteiger partial charge in [0.1, 0.15) is 6.10 Å². The molecule has 2 atom stereocenters. The summed E-state index contributed by atoms with van der Waals surface area (Å²) in [5.41, 5.74) is 0. The molecule has 0 saturated carbocycles. The molecule has 10 heavy (non-hydrogen) atoms. The van der Waals surface area contributed by atoms with Crippen molar-refractivity contribution in [1.82, 2.24) is 5.32 Å². The van der Waals surface area contributed by atoms with Crippen molar-refractivity contribution in [1.29, 1.82) is 0 Å². The Hall–Kier alpha value is -0.540. The van der Waals surface area contributed by atoms with E-state index < -0.39 is 0 Å². The van der Waals surface area contributed by atoms with Crippen LogP contribution in [0.1, 0.15) is 0 Å². The topological polar surface area (TPSA) is 37.1 Å². The quantitative estimate of drug-likeness (QED) is 0.555. The minimum atomic E-state index is 0.382. The molecule has 0 aromatic carbocycles. The van der Waals surface area contributed by atoms with Gasteiger partial charge in [0.2, 0.25) is 0 Å². The van der Waals surface area contributed by atoms with Crippen LogP contribution in [0.15, 0.2) is 12.3 Å². The first-order valence-corrected chi connectivity index (χ1v) is 3.58. The van der Waals surface area contributed by atoms with Crippen LogP contribution in [-0.2, 0) is 9.47 Å². The van der Waals surface area contributed by atoms with Gasteiger partial charge < -0.3 is 14.8 Å². The lowest BCUT2D eigenvalue weighted by molar-refractivity contribution is 0.404. The normalized spacial score (nSPS) is 36.4. The third-order valence-electron chi connectivity index (χ3n) is 1.54. The standard InChI is InChI=1S/C7H11NO2/c1(6-4-9-6)2-8-3-7-5-10-7/h1-2,6-8H,3-5H2. The van der Waals surface area contributed by atoms with Gasteiger partial charge in [-0.1, -0.05) is 0 Å². The van der Waals surface area contributed by atoms with Gasteiger partial charge in [-0.15, -0.1) is 0 Å². The number of hydrogen-bond donors (Lipinski definition) is 1. The first-order valence-electron chi connectivity index (χ1n) is 3.58. The number of ether oxygens (including phenoxy) is 2. The molecule has 3 heteroatoms. The second-order valence-corrected chi connectivity index (χ2v) is 2.59. The fourth-order valence-corrected chi connectivity index (χ4v) is 0.727. The summed E-state index contributed by atoms with van der Waals surface area (Å²) in [7, 11) is 0. The van der Waals surface area contributed by atoms with E-state index in [0.717, 1.165) is 19.8 Å². The lowest BCUT2D eigenvalue weighted by Crippen LogP contribution is -2.12. The Bertz CT molecular complexity index is 139. The van der Waals surface area contributed by atoms with Gasteiger partial charge in [0, 0.05) is 6.54 Å². The largest absolute Gasteiger partial charge is 0.388 e. The number of epoxide rings is 2. The Morgan fingerprint density at radius 3 is 2.80 bits per heavy atom. The fourth-order valence-electron chi connectivity index (χ4n) is 0.727. The van der Waals surface area contributed by atoms with Crippen molar-refractivity contribution in [2.24, 2.45) is 0 Å². The van der Waals surface area contributed by atoms with Gasteiger partial charge in [-0.3, -0.25) is 0 Å². The highest BCUT2D eigenvalue weighted by molar-refractivity contribution is 4.94. The van der Waals surface area contributed by atoms with Gasteiger partial charge >= 0.3 is 0 Å². The Morgan fingerprint density at radius 2 is 2.20 bits per heavy atom. The highest BCUT2D eigenvalue weighted by Gasteiger charge is 2.21. The summed E-state index contributed by atoms with van der Waals surface area (Å²) < 4.78 is 9.98. The molecule has 2 fully saturated rings. The van der Waals surface area contributed by atoms with Crippen LogP contribution in [0.4, 0.5) is 0 Å². The number of nitrogens with one attached hydrogen (secondary N) is 1. The Kier molecular flexibility index (Phi) is 1.61. The predicted molar refractivity (Wildman–Crippen MR) is 36.6 cm³/mol. The molecule has 0 aromatic rings. The lowest BCUT2D eigenvalue weighted by atomic mass is 10.4. The van der Waals surface area contributed by atoms with Crippen LogP contribution in [-0.4, -0.2) is 32.0 Å². The molecule has 0 radical (unpaired) electrons. The van der Waals surface area contributed by atoms with Gasteiger partial charge in [0.15, 0.2) is 0 Å². The zero-order chi connectivity index (χ0) is 6.81. The van der Waals surface area contributed by atoms with E-state index in [4.69, 9.17) is 9.47 Å². The third kappa shape index (κ3) is 2.01. The monoisotopic (exact) mass is 141 g/mol. The second-order valence-electron chi connectivity index (χ2n) is 2.59. The minimum Gasteiger partial charge on any atom is -0.388 e. The summed E-state index contributed by atoms with van der Waals surface area (Å²) in [6.45, 7) is 2.74. The average molecular weight is 141 g/mol. The first-order chi connectivity index (χ1) is 4.95. The van der Waals surface area contributed by atoms with Crippen molar-refractivity contribution in [3.63, 3.8) is 0 Å². The van der Waals surface area contributed by atoms with Crippen molar-refractivity contribution in [3.05, 3.63) is 12.3 Å². The average Bonchev–Trinajstić information content (AvgIpc) is 2.77. The maximum atomic E-state index is 5.00. The predicted octanol–water partition coefficient (Wildman–Crippen LogP) is -0.113. The second kappa shape index (κ2) is 2.60. The van der Waals surface area contributed by atoms with Crippen molar-refractivity contribution in [3.8, 4) is 0 Å². The molecule has 2 unspecified atom stereocenters. The molecule has 0 bridgehead atoms. The van der Waals surface area contributed by atoms with Crippen LogP contribution >= 0.6 is 0 Å². The minimum absolute atomic E-state index is 0.382. The number of hydrogen-bond acceptors (Lipinski definition) is 3. The van der Waals surface area contributed by atoms with Crippen LogP contribution in [0.3, 0.4) is 0 Å². The molecule has 0 aliphatic carbocycles. The summed E-state index contributed by atoms with van der Waals surface area (Å²) >= 11 is 0. The van der Waals surface area contributed by atoms with E-state index in [1.165, 1.54) is 0 Å². The molecule has 56 valence electrons. The van der Waals surface area contributed by atoms with E-state index in [1.54, 1.807) is 0 Å². The molecule has 2 aliphatic rings. The van der Waals surface area contributed by atoms with Crippen LogP contribution in [0.25, 0.3) is 0 Å². The Morgan fingerprint density at radius 1 is 1.40 bits per heavy atom. The van der Waals surface area contributed by atoms with Crippen molar-refractivity contribution >= 4 is 0 Å². The van der Waals surface area contributed by atoms with E-state index >= 15 is 0 Å². The zero-order valence-corrected chi connectivity index (χ0v) is 5.75. The highest BCUT2D eigenvalue weighted by atomic mass is 16.6. The van der Waals surface area contributed by atoms with Crippen LogP contribution in [0.5, 0.6) is 0 Å². The maximum absolute atomic E-state index is 5.00. The zero-order valence-electron chi connectivity index (χ0n) is 5.75. The molecule has 0 amide bonds. The molecule has 1 N–H and O–H groups in total. The van der Waals surface area contributed by atoms with E-state index in [0.29, 0.717) is 12.2 Å². The van der Waals surface area contributed by atoms with Gasteiger partial charge in [0.05, 0.1) is 19.3 Å². The molecule has 2 heterocycles. The maximum Gasteiger partial charge on any atom is 0.101 e. The molecule has 2 saturated heterocycles. The lowest BCUT2D eigenvalue weighted by Gasteiger charge is -1.92. The molecule has 0 spiro atoms. The third-order valence-corrected chi connectivity index (χ3v) is 1.54. The van der Waals surface area contributed by atoms with Crippen molar-refractivity contribution < 1.29 is 9.47 Å². The van der Waals surface area contributed by atoms with E-state index in [9.17, 15) is 0 Å². The van der Waals surface area contributed by atoms with Gasteiger partial charge in [-0.25, -0.2) is 0 Å². The van der Waals surface area contributed by atoms with Gasteiger partial charge in [-0.05, 0) is 12.3 Å². The molecular weight excluding hydrogens is 130 g/mol. The summed E-state index contributed by atoms with van der Waals surface area (Å²) in [6, 6.07) is 0. The van der Waals surface area contributed by atoms with E-state index in [-0.39, 0.29) is 0 Å². The van der Waals surface area contributed by atoms with Crippen LogP contribution in [0, 0.1) is 0 Å². The Labute approximate surface area is 60.0 Å². The summed E-state index contributed by atoms with van der Waals surface area (Å²) in [4.78, 5) is 0. The summed E-state index contributed by atoms with van der Waals surface area (Å²) in [5, 5.41) is 3.13. The molecule has 2 aliphatic heterocycles. The van der Waals surface area contributed by atoms with Crippen LogP contribution < -0.4 is 5.32 Å². The summed E-state index contributed by atoms with van der Waals surface area (Å²) in [6.07, 6.45) is 4.82. The first kappa shape index (κ1) is 6.19. The SMILES string of the molecule is C(=CC1CO1)NCC1CO1. The highest BCUT2D eigenvalue weighted by Crippen LogP contribution is 2.09. The molecular formula is C7H11NO2. The smallest absolute Gasteiger partial charge is 0.101 e. The fraction of sp³-hybridized carbons (Fsp3) is 0.714. The number of rotatable bonds is 4. The van der Waals surface area contributed by atoms with Crippen molar-refractivity contribution in [2.45, 2.75) is 12.2 Å². The van der Waals surface area contributed by atoms with Gasteiger partial charge in [0.25, 0.3) is 0 Å². The van der Waals surface area contributed by atoms with Crippen LogP contribution in [0.2, 0.25) is 0 Å². The van der Waals surface area contributed by atoms with Crippen molar-refractivity contribution in [2.75, 3.05) is 19.8 Å². The molecule has 3 nitrogen and oxygen atoms in total. The van der Waals surface area contributed by atoms with Gasteiger partial charge in [-0.2, -0.15) is 0 Å². The molecule has 2 rings (SSSR count).